The van der Waals surface area contributed by atoms with Crippen LogP contribution in [0.15, 0.2) is 6.20 Å². The summed E-state index contributed by atoms with van der Waals surface area (Å²) in [5.74, 6) is -0.790. The maximum absolute atomic E-state index is 12.0. The molecule has 0 spiro atoms. The number of ether oxygens (including phenoxy) is 1. The molecule has 0 saturated heterocycles. The average Bonchev–Trinajstić information content (AvgIpc) is 2.19. The van der Waals surface area contributed by atoms with E-state index in [4.69, 9.17) is 16.1 Å². The Labute approximate surface area is 87.9 Å². The second-order valence-electron chi connectivity index (χ2n) is 2.69. The third-order valence-corrected chi connectivity index (χ3v) is 1.63. The predicted octanol–water partition coefficient (Wildman–Crippen LogP) is 0.926. The summed E-state index contributed by atoms with van der Waals surface area (Å²) in [7, 11) is 0. The van der Waals surface area contributed by atoms with E-state index < -0.39 is 30.1 Å². The van der Waals surface area contributed by atoms with Gasteiger partial charge in [0.15, 0.2) is 11.4 Å². The van der Waals surface area contributed by atoms with Crippen LogP contribution >= 0.6 is 0 Å². The Morgan fingerprint density at radius 1 is 1.56 bits per heavy atom. The van der Waals surface area contributed by atoms with Gasteiger partial charge in [0.05, 0.1) is 6.61 Å². The number of halogens is 3. The van der Waals surface area contributed by atoms with Gasteiger partial charge >= 0.3 is 6.36 Å². The van der Waals surface area contributed by atoms with Crippen LogP contribution in [0.25, 0.3) is 0 Å². The number of aromatic nitrogens is 1. The quantitative estimate of drug-likeness (QED) is 0.792. The number of anilines is 1. The van der Waals surface area contributed by atoms with Crippen molar-refractivity contribution in [3.8, 4) is 11.8 Å². The molecule has 16 heavy (non-hydrogen) atoms. The molecule has 0 fully saturated rings. The van der Waals surface area contributed by atoms with Gasteiger partial charge in [-0.3, -0.25) is 0 Å². The number of hydrogen-bond donors (Lipinski definition) is 2. The molecule has 1 aromatic heterocycles. The molecule has 5 nitrogen and oxygen atoms in total. The fourth-order valence-electron chi connectivity index (χ4n) is 0.989. The van der Waals surface area contributed by atoms with Crippen LogP contribution in [0, 0.1) is 11.3 Å². The highest BCUT2D eigenvalue weighted by molar-refractivity contribution is 5.62. The molecule has 0 aromatic carbocycles. The molecule has 86 valence electrons. The van der Waals surface area contributed by atoms with Gasteiger partial charge < -0.3 is 15.6 Å². The van der Waals surface area contributed by atoms with E-state index in [-0.39, 0.29) is 5.56 Å². The van der Waals surface area contributed by atoms with Crippen molar-refractivity contribution in [2.45, 2.75) is 13.0 Å². The van der Waals surface area contributed by atoms with Gasteiger partial charge in [-0.25, -0.2) is 4.98 Å². The third-order valence-electron chi connectivity index (χ3n) is 1.63. The summed E-state index contributed by atoms with van der Waals surface area (Å²) >= 11 is 0. The summed E-state index contributed by atoms with van der Waals surface area (Å²) in [5.41, 5.74) is 4.07. The molecule has 0 saturated carbocycles. The molecule has 3 N–H and O–H groups in total. The Bertz CT molecular complexity index is 439. The van der Waals surface area contributed by atoms with E-state index in [2.05, 4.69) is 9.72 Å². The molecule has 1 aromatic rings. The lowest BCUT2D eigenvalue weighted by molar-refractivity contribution is -0.274. The van der Waals surface area contributed by atoms with E-state index in [0.717, 1.165) is 6.20 Å². The maximum Gasteiger partial charge on any atom is 0.573 e. The summed E-state index contributed by atoms with van der Waals surface area (Å²) in [6, 6.07) is 1.51. The van der Waals surface area contributed by atoms with Gasteiger partial charge in [0, 0.05) is 11.8 Å². The summed E-state index contributed by atoms with van der Waals surface area (Å²) in [4.78, 5) is 3.46. The molecule has 0 bridgehead atoms. The van der Waals surface area contributed by atoms with E-state index in [0.29, 0.717) is 0 Å². The van der Waals surface area contributed by atoms with E-state index in [1.54, 1.807) is 0 Å². The topological polar surface area (TPSA) is 92.2 Å². The van der Waals surface area contributed by atoms with Crippen LogP contribution in [0.4, 0.5) is 18.9 Å². The van der Waals surface area contributed by atoms with Crippen LogP contribution in [-0.2, 0) is 6.61 Å². The fraction of sp³-hybridized carbons (Fsp3) is 0.250. The summed E-state index contributed by atoms with van der Waals surface area (Å²) in [6.45, 7) is -0.728. The molecule has 0 aliphatic heterocycles. The maximum atomic E-state index is 12.0. The molecule has 0 amide bonds. The molecule has 1 heterocycles. The zero-order valence-electron chi connectivity index (χ0n) is 7.75. The molecule has 0 aliphatic rings. The van der Waals surface area contributed by atoms with Gasteiger partial charge in [-0.05, 0) is 0 Å². The van der Waals surface area contributed by atoms with Crippen LogP contribution in [0.3, 0.4) is 0 Å². The van der Waals surface area contributed by atoms with Crippen molar-refractivity contribution < 1.29 is 23.0 Å². The number of rotatable bonds is 2. The molecule has 0 atom stereocenters. The predicted molar refractivity (Wildman–Crippen MR) is 46.0 cm³/mol. The van der Waals surface area contributed by atoms with Crippen molar-refractivity contribution in [3.05, 3.63) is 17.5 Å². The van der Waals surface area contributed by atoms with Crippen molar-refractivity contribution in [2.24, 2.45) is 0 Å². The molecular formula is C8H6F3N3O2. The largest absolute Gasteiger partial charge is 0.573 e. The first kappa shape index (κ1) is 12.1. The summed E-state index contributed by atoms with van der Waals surface area (Å²) in [6.07, 6.45) is -4.05. The minimum absolute atomic E-state index is 0.242. The molecule has 1 rings (SSSR count). The number of hydrogen-bond acceptors (Lipinski definition) is 5. The Balaban J connectivity index is 3.28. The Kier molecular flexibility index (Phi) is 3.20. The Morgan fingerprint density at radius 2 is 2.19 bits per heavy atom. The first-order valence-corrected chi connectivity index (χ1v) is 3.93. The average molecular weight is 233 g/mol. The van der Waals surface area contributed by atoms with E-state index in [9.17, 15) is 13.2 Å². The zero-order valence-corrected chi connectivity index (χ0v) is 7.75. The lowest BCUT2D eigenvalue weighted by Gasteiger charge is -2.14. The number of pyridine rings is 1. The molecule has 0 aliphatic carbocycles. The lowest BCUT2D eigenvalue weighted by Crippen LogP contribution is -2.19. The van der Waals surface area contributed by atoms with Gasteiger partial charge in [-0.2, -0.15) is 5.26 Å². The van der Waals surface area contributed by atoms with Crippen molar-refractivity contribution >= 4 is 5.69 Å². The number of alkyl halides is 3. The number of nitrogen functional groups attached to an aromatic ring is 1. The second-order valence-corrected chi connectivity index (χ2v) is 2.69. The SMILES string of the molecule is N#Cc1ncc(CO)c(OC(F)(F)F)c1N. The molecule has 8 heteroatoms. The first-order valence-electron chi connectivity index (χ1n) is 3.93. The molecular weight excluding hydrogens is 227 g/mol. The number of nitrogens with zero attached hydrogens (tertiary/aromatic N) is 2. The van der Waals surface area contributed by atoms with Crippen molar-refractivity contribution in [3.63, 3.8) is 0 Å². The van der Waals surface area contributed by atoms with E-state index in [1.165, 1.54) is 6.07 Å². The summed E-state index contributed by atoms with van der Waals surface area (Å²) in [5, 5.41) is 17.3. The summed E-state index contributed by atoms with van der Waals surface area (Å²) < 4.78 is 39.7. The van der Waals surface area contributed by atoms with Gasteiger partial charge in [-0.1, -0.05) is 0 Å². The van der Waals surface area contributed by atoms with Crippen LogP contribution in [0.1, 0.15) is 11.3 Å². The van der Waals surface area contributed by atoms with Gasteiger partial charge in [0.25, 0.3) is 0 Å². The van der Waals surface area contributed by atoms with Crippen LogP contribution in [-0.4, -0.2) is 16.5 Å². The van der Waals surface area contributed by atoms with Crippen LogP contribution < -0.4 is 10.5 Å². The normalized spacial score (nSPS) is 10.9. The number of nitrogens with two attached hydrogens (primary N) is 1. The smallest absolute Gasteiger partial charge is 0.403 e. The van der Waals surface area contributed by atoms with Crippen molar-refractivity contribution in [2.75, 3.05) is 5.73 Å². The van der Waals surface area contributed by atoms with Crippen molar-refractivity contribution in [1.29, 1.82) is 5.26 Å². The molecule has 0 unspecified atom stereocenters. The Morgan fingerprint density at radius 3 is 2.62 bits per heavy atom. The van der Waals surface area contributed by atoms with E-state index in [1.807, 2.05) is 0 Å². The highest BCUT2D eigenvalue weighted by Gasteiger charge is 2.33. The number of aliphatic hydroxyl groups is 1. The zero-order chi connectivity index (χ0) is 12.3. The van der Waals surface area contributed by atoms with Crippen molar-refractivity contribution in [1.82, 2.24) is 4.98 Å². The third kappa shape index (κ3) is 2.52. The highest BCUT2D eigenvalue weighted by Crippen LogP contribution is 2.33. The van der Waals surface area contributed by atoms with Gasteiger partial charge in [0.1, 0.15) is 11.8 Å². The number of aliphatic hydroxyl groups excluding tert-OH is 1. The highest BCUT2D eigenvalue weighted by atomic mass is 19.4. The second kappa shape index (κ2) is 4.24. The van der Waals surface area contributed by atoms with Gasteiger partial charge in [-0.15, -0.1) is 13.2 Å². The van der Waals surface area contributed by atoms with E-state index >= 15 is 0 Å². The van der Waals surface area contributed by atoms with Crippen LogP contribution in [0.5, 0.6) is 5.75 Å². The molecule has 0 radical (unpaired) electrons. The fourth-order valence-corrected chi connectivity index (χ4v) is 0.989. The van der Waals surface area contributed by atoms with Crippen LogP contribution in [0.2, 0.25) is 0 Å². The minimum Gasteiger partial charge on any atom is -0.403 e. The minimum atomic E-state index is -4.95. The van der Waals surface area contributed by atoms with Gasteiger partial charge in [0.2, 0.25) is 0 Å². The monoisotopic (exact) mass is 233 g/mol. The standard InChI is InChI=1S/C8H6F3N3O2/c9-8(10,11)16-7-4(3-15)2-14-5(1-12)6(7)13/h2,15H,3,13H2. The number of nitriles is 1. The first-order chi connectivity index (χ1) is 7.39. The Hall–Kier alpha value is -2.01. The lowest BCUT2D eigenvalue weighted by atomic mass is 10.2.